The van der Waals surface area contributed by atoms with Crippen molar-refractivity contribution in [2.45, 2.75) is 33.3 Å². The third kappa shape index (κ3) is 4.93. The molecule has 0 heterocycles. The largest absolute Gasteiger partial charge is 0.435 e. The molecular formula is C13H16F2O2. The Morgan fingerprint density at radius 2 is 2.06 bits per heavy atom. The molecule has 0 fully saturated rings. The maximum atomic E-state index is 12.0. The Kier molecular flexibility index (Phi) is 5.07. The van der Waals surface area contributed by atoms with Gasteiger partial charge in [-0.25, -0.2) is 0 Å². The van der Waals surface area contributed by atoms with E-state index in [0.29, 0.717) is 17.9 Å². The van der Waals surface area contributed by atoms with Gasteiger partial charge in [0.2, 0.25) is 0 Å². The third-order valence-corrected chi connectivity index (χ3v) is 2.33. The average Bonchev–Trinajstić information content (AvgIpc) is 2.25. The fourth-order valence-corrected chi connectivity index (χ4v) is 1.41. The van der Waals surface area contributed by atoms with Crippen molar-refractivity contribution >= 4 is 5.78 Å². The summed E-state index contributed by atoms with van der Waals surface area (Å²) >= 11 is 0. The normalized spacial score (nSPS) is 10.9. The second kappa shape index (κ2) is 6.33. The molecule has 17 heavy (non-hydrogen) atoms. The Morgan fingerprint density at radius 3 is 2.65 bits per heavy atom. The molecule has 0 saturated carbocycles. The maximum absolute atomic E-state index is 12.0. The molecule has 0 spiro atoms. The SMILES string of the molecule is CC(C)CCC(=O)c1cccc(OC(F)F)c1. The van der Waals surface area contributed by atoms with Crippen LogP contribution in [0.25, 0.3) is 0 Å². The number of Topliss-reactive ketones (excluding diaryl/α,β-unsaturated/α-hetero) is 1. The summed E-state index contributed by atoms with van der Waals surface area (Å²) in [5.74, 6) is 0.424. The topological polar surface area (TPSA) is 26.3 Å². The predicted molar refractivity (Wildman–Crippen MR) is 61.5 cm³/mol. The second-order valence-electron chi connectivity index (χ2n) is 4.26. The zero-order valence-corrected chi connectivity index (χ0v) is 9.95. The Hall–Kier alpha value is -1.45. The van der Waals surface area contributed by atoms with Gasteiger partial charge in [0.15, 0.2) is 5.78 Å². The fraction of sp³-hybridized carbons (Fsp3) is 0.462. The van der Waals surface area contributed by atoms with E-state index in [-0.39, 0.29) is 11.5 Å². The van der Waals surface area contributed by atoms with Gasteiger partial charge in [0, 0.05) is 12.0 Å². The summed E-state index contributed by atoms with van der Waals surface area (Å²) < 4.78 is 28.2. The van der Waals surface area contributed by atoms with Gasteiger partial charge in [-0.2, -0.15) is 8.78 Å². The van der Waals surface area contributed by atoms with Crippen molar-refractivity contribution in [1.82, 2.24) is 0 Å². The predicted octanol–water partition coefficient (Wildman–Crippen LogP) is 3.91. The number of hydrogen-bond donors (Lipinski definition) is 0. The molecule has 4 heteroatoms. The first kappa shape index (κ1) is 13.6. The minimum absolute atomic E-state index is 0.0235. The van der Waals surface area contributed by atoms with Gasteiger partial charge < -0.3 is 4.74 Å². The van der Waals surface area contributed by atoms with E-state index in [1.54, 1.807) is 12.1 Å². The van der Waals surface area contributed by atoms with Crippen LogP contribution in [0.2, 0.25) is 0 Å². The number of benzene rings is 1. The molecule has 0 N–H and O–H groups in total. The highest BCUT2D eigenvalue weighted by molar-refractivity contribution is 5.96. The molecule has 1 aromatic rings. The summed E-state index contributed by atoms with van der Waals surface area (Å²) in [6.45, 7) is 1.20. The van der Waals surface area contributed by atoms with Crippen molar-refractivity contribution in [3.8, 4) is 5.75 Å². The van der Waals surface area contributed by atoms with Gasteiger partial charge in [0.05, 0.1) is 0 Å². The molecule has 1 aromatic carbocycles. The highest BCUT2D eigenvalue weighted by Gasteiger charge is 2.10. The van der Waals surface area contributed by atoms with Crippen molar-refractivity contribution in [3.63, 3.8) is 0 Å². The van der Waals surface area contributed by atoms with Crippen LogP contribution in [0, 0.1) is 5.92 Å². The van der Waals surface area contributed by atoms with Crippen LogP contribution in [-0.4, -0.2) is 12.4 Å². The number of carbonyl (C=O) groups excluding carboxylic acids is 1. The van der Waals surface area contributed by atoms with Crippen LogP contribution in [0.5, 0.6) is 5.75 Å². The molecule has 0 unspecified atom stereocenters. The number of carbonyl (C=O) groups is 1. The van der Waals surface area contributed by atoms with Gasteiger partial charge >= 0.3 is 6.61 Å². The molecular weight excluding hydrogens is 226 g/mol. The number of halogens is 2. The average molecular weight is 242 g/mol. The minimum atomic E-state index is -2.86. The van der Waals surface area contributed by atoms with Crippen LogP contribution in [0.1, 0.15) is 37.0 Å². The summed E-state index contributed by atoms with van der Waals surface area (Å²) in [4.78, 5) is 11.7. The Bertz CT molecular complexity index is 375. The van der Waals surface area contributed by atoms with Crippen LogP contribution in [0.4, 0.5) is 8.78 Å². The Labute approximate surface area is 99.6 Å². The molecule has 1 rings (SSSR count). The first-order valence-corrected chi connectivity index (χ1v) is 5.57. The Balaban J connectivity index is 2.67. The summed E-state index contributed by atoms with van der Waals surface area (Å²) in [6.07, 6.45) is 1.22. The standard InChI is InChI=1S/C13H16F2O2/c1-9(2)6-7-12(16)10-4-3-5-11(8-10)17-13(14)15/h3-5,8-9,13H,6-7H2,1-2H3. The first-order valence-electron chi connectivity index (χ1n) is 5.57. The molecule has 0 aliphatic heterocycles. The molecule has 0 radical (unpaired) electrons. The summed E-state index contributed by atoms with van der Waals surface area (Å²) in [5, 5.41) is 0. The lowest BCUT2D eigenvalue weighted by atomic mass is 10.0. The van der Waals surface area contributed by atoms with Gasteiger partial charge in [0.1, 0.15) is 5.75 Å². The van der Waals surface area contributed by atoms with Gasteiger partial charge in [0.25, 0.3) is 0 Å². The summed E-state index contributed by atoms with van der Waals surface area (Å²) in [6, 6.07) is 5.92. The number of alkyl halides is 2. The van der Waals surface area contributed by atoms with Crippen LogP contribution in [0.3, 0.4) is 0 Å². The van der Waals surface area contributed by atoms with Crippen LogP contribution in [-0.2, 0) is 0 Å². The molecule has 0 aromatic heterocycles. The van der Waals surface area contributed by atoms with E-state index < -0.39 is 6.61 Å². The molecule has 0 amide bonds. The maximum Gasteiger partial charge on any atom is 0.387 e. The molecule has 2 nitrogen and oxygen atoms in total. The number of hydrogen-bond acceptors (Lipinski definition) is 2. The lowest BCUT2D eigenvalue weighted by molar-refractivity contribution is -0.0498. The van der Waals surface area contributed by atoms with E-state index in [9.17, 15) is 13.6 Å². The summed E-state index contributed by atoms with van der Waals surface area (Å²) in [7, 11) is 0. The molecule has 0 bridgehead atoms. The molecule has 0 atom stereocenters. The lowest BCUT2D eigenvalue weighted by Gasteiger charge is -2.07. The lowest BCUT2D eigenvalue weighted by Crippen LogP contribution is -2.04. The van der Waals surface area contributed by atoms with Crippen molar-refractivity contribution in [2.24, 2.45) is 5.92 Å². The van der Waals surface area contributed by atoms with Crippen LogP contribution >= 0.6 is 0 Å². The highest BCUT2D eigenvalue weighted by Crippen LogP contribution is 2.18. The van der Waals surface area contributed by atoms with Gasteiger partial charge in [-0.05, 0) is 24.5 Å². The van der Waals surface area contributed by atoms with Crippen LogP contribution in [0.15, 0.2) is 24.3 Å². The van der Waals surface area contributed by atoms with Crippen LogP contribution < -0.4 is 4.74 Å². The van der Waals surface area contributed by atoms with Gasteiger partial charge in [-0.3, -0.25) is 4.79 Å². The van der Waals surface area contributed by atoms with E-state index in [2.05, 4.69) is 4.74 Å². The smallest absolute Gasteiger partial charge is 0.387 e. The fourth-order valence-electron chi connectivity index (χ4n) is 1.41. The van der Waals surface area contributed by atoms with Gasteiger partial charge in [-0.1, -0.05) is 26.0 Å². The number of rotatable bonds is 6. The summed E-state index contributed by atoms with van der Waals surface area (Å²) in [5.41, 5.74) is 0.420. The first-order chi connectivity index (χ1) is 7.99. The van der Waals surface area contributed by atoms with E-state index >= 15 is 0 Å². The zero-order chi connectivity index (χ0) is 12.8. The number of ether oxygens (including phenoxy) is 1. The highest BCUT2D eigenvalue weighted by atomic mass is 19.3. The minimum Gasteiger partial charge on any atom is -0.435 e. The van der Waals surface area contributed by atoms with E-state index in [4.69, 9.17) is 0 Å². The second-order valence-corrected chi connectivity index (χ2v) is 4.26. The zero-order valence-electron chi connectivity index (χ0n) is 9.95. The Morgan fingerprint density at radius 1 is 1.35 bits per heavy atom. The number of ketones is 1. The third-order valence-electron chi connectivity index (χ3n) is 2.33. The molecule has 0 saturated heterocycles. The van der Waals surface area contributed by atoms with Gasteiger partial charge in [-0.15, -0.1) is 0 Å². The van der Waals surface area contributed by atoms with E-state index in [1.807, 2.05) is 13.8 Å². The molecule has 94 valence electrons. The van der Waals surface area contributed by atoms with Crippen molar-refractivity contribution in [2.75, 3.05) is 0 Å². The van der Waals surface area contributed by atoms with E-state index in [0.717, 1.165) is 6.42 Å². The van der Waals surface area contributed by atoms with Crippen molar-refractivity contribution in [1.29, 1.82) is 0 Å². The van der Waals surface area contributed by atoms with Crippen molar-refractivity contribution in [3.05, 3.63) is 29.8 Å². The monoisotopic (exact) mass is 242 g/mol. The molecule has 0 aliphatic carbocycles. The quantitative estimate of drug-likeness (QED) is 0.707. The molecule has 0 aliphatic rings. The van der Waals surface area contributed by atoms with Crippen molar-refractivity contribution < 1.29 is 18.3 Å². The van der Waals surface area contributed by atoms with E-state index in [1.165, 1.54) is 12.1 Å².